The van der Waals surface area contributed by atoms with Crippen LogP contribution < -0.4 is 0 Å². The van der Waals surface area contributed by atoms with E-state index in [-0.39, 0.29) is 15.9 Å². The molecule has 0 saturated carbocycles. The van der Waals surface area contributed by atoms with Gasteiger partial charge in [0.05, 0.1) is 16.2 Å². The topological polar surface area (TPSA) is 55.8 Å². The largest absolute Gasteiger partial charge is 0.506 e. The van der Waals surface area contributed by atoms with Gasteiger partial charge in [0.25, 0.3) is 0 Å². The minimum Gasteiger partial charge on any atom is -0.506 e. The average Bonchev–Trinajstić information content (AvgIpc) is 2.67. The molecule has 0 spiro atoms. The van der Waals surface area contributed by atoms with Crippen molar-refractivity contribution in [3.63, 3.8) is 0 Å². The monoisotopic (exact) mass is 368 g/mol. The van der Waals surface area contributed by atoms with Crippen LogP contribution in [0.25, 0.3) is 6.08 Å². The highest BCUT2D eigenvalue weighted by Gasteiger charge is 2.52. The van der Waals surface area contributed by atoms with Crippen molar-refractivity contribution < 1.29 is 19.2 Å². The Kier molecular flexibility index (Phi) is 5.75. The first-order valence-electron chi connectivity index (χ1n) is 7.70. The standard InChI is InChI=1S/C17H22BClO4S/c1-11(20)24-10-13(9-12-7-6-8-14(21)15(12)19)18-22-16(2,3)17(4,5)23-18/h6-9,21H,10H2,1-5H3. The second kappa shape index (κ2) is 7.12. The normalized spacial score (nSPS) is 19.6. The van der Waals surface area contributed by atoms with Crippen molar-refractivity contribution in [1.29, 1.82) is 0 Å². The first-order valence-corrected chi connectivity index (χ1v) is 9.07. The van der Waals surface area contributed by atoms with Crippen molar-refractivity contribution in [3.05, 3.63) is 34.3 Å². The highest BCUT2D eigenvalue weighted by molar-refractivity contribution is 8.13. The maximum atomic E-state index is 11.4. The van der Waals surface area contributed by atoms with Gasteiger partial charge in [0.2, 0.25) is 0 Å². The summed E-state index contributed by atoms with van der Waals surface area (Å²) in [6.45, 7) is 9.43. The van der Waals surface area contributed by atoms with Gasteiger partial charge in [-0.2, -0.15) is 0 Å². The van der Waals surface area contributed by atoms with E-state index in [1.54, 1.807) is 12.1 Å². The summed E-state index contributed by atoms with van der Waals surface area (Å²) < 4.78 is 12.2. The van der Waals surface area contributed by atoms with Crippen molar-refractivity contribution in [2.24, 2.45) is 0 Å². The summed E-state index contributed by atoms with van der Waals surface area (Å²) >= 11 is 7.35. The molecule has 1 aliphatic rings. The fraction of sp³-hybridized carbons (Fsp3) is 0.471. The van der Waals surface area contributed by atoms with Gasteiger partial charge in [-0.3, -0.25) is 4.79 Å². The summed E-state index contributed by atoms with van der Waals surface area (Å²) in [6, 6.07) is 5.04. The molecule has 0 radical (unpaired) electrons. The van der Waals surface area contributed by atoms with Crippen LogP contribution in [0.5, 0.6) is 5.75 Å². The van der Waals surface area contributed by atoms with Gasteiger partial charge < -0.3 is 14.4 Å². The van der Waals surface area contributed by atoms with Crippen LogP contribution in [0.15, 0.2) is 23.7 Å². The highest BCUT2D eigenvalue weighted by Crippen LogP contribution is 2.40. The maximum absolute atomic E-state index is 11.4. The number of carbonyl (C=O) groups is 1. The van der Waals surface area contributed by atoms with E-state index in [9.17, 15) is 9.90 Å². The SMILES string of the molecule is CC(=O)SCC(=Cc1cccc(O)c1Cl)B1OC(C)(C)C(C)(C)O1. The minimum atomic E-state index is -0.569. The molecule has 1 fully saturated rings. The van der Waals surface area contributed by atoms with Gasteiger partial charge in [-0.1, -0.05) is 41.6 Å². The summed E-state index contributed by atoms with van der Waals surface area (Å²) in [5, 5.41) is 10.1. The second-order valence-corrected chi connectivity index (χ2v) is 8.30. The Morgan fingerprint density at radius 2 is 1.88 bits per heavy atom. The molecule has 1 saturated heterocycles. The first-order chi connectivity index (χ1) is 11.0. The van der Waals surface area contributed by atoms with Crippen LogP contribution in [0, 0.1) is 0 Å². The number of carbonyl (C=O) groups excluding carboxylic acids is 1. The molecule has 0 aliphatic carbocycles. The van der Waals surface area contributed by atoms with E-state index in [0.29, 0.717) is 11.3 Å². The van der Waals surface area contributed by atoms with Crippen molar-refractivity contribution in [2.75, 3.05) is 5.75 Å². The number of phenols is 1. The van der Waals surface area contributed by atoms with E-state index in [0.717, 1.165) is 5.47 Å². The minimum absolute atomic E-state index is 0.0120. The Hall–Kier alpha value is -0.945. The molecular weight excluding hydrogens is 347 g/mol. The molecule has 2 rings (SSSR count). The lowest BCUT2D eigenvalue weighted by Crippen LogP contribution is -2.41. The Balaban J connectivity index is 2.37. The molecule has 0 amide bonds. The van der Waals surface area contributed by atoms with Crippen molar-refractivity contribution in [3.8, 4) is 5.75 Å². The average molecular weight is 369 g/mol. The Labute approximate surface area is 152 Å². The lowest BCUT2D eigenvalue weighted by Gasteiger charge is -2.32. The molecule has 1 aromatic rings. The van der Waals surface area contributed by atoms with Gasteiger partial charge in [-0.25, -0.2) is 0 Å². The number of benzene rings is 1. The predicted molar refractivity (Wildman–Crippen MR) is 100 cm³/mol. The Bertz CT molecular complexity index is 657. The van der Waals surface area contributed by atoms with Gasteiger partial charge >= 0.3 is 7.12 Å². The Morgan fingerprint density at radius 1 is 1.29 bits per heavy atom. The maximum Gasteiger partial charge on any atom is 0.491 e. The van der Waals surface area contributed by atoms with Gasteiger partial charge in [0, 0.05) is 12.7 Å². The van der Waals surface area contributed by atoms with Gasteiger partial charge in [-0.15, -0.1) is 0 Å². The van der Waals surface area contributed by atoms with Crippen LogP contribution >= 0.6 is 23.4 Å². The Morgan fingerprint density at radius 3 is 2.42 bits per heavy atom. The lowest BCUT2D eigenvalue weighted by atomic mass is 9.78. The van der Waals surface area contributed by atoms with E-state index < -0.39 is 18.3 Å². The van der Waals surface area contributed by atoms with E-state index in [2.05, 4.69) is 0 Å². The van der Waals surface area contributed by atoms with Crippen LogP contribution in [-0.4, -0.2) is 34.3 Å². The zero-order chi connectivity index (χ0) is 18.1. The molecule has 4 nitrogen and oxygen atoms in total. The van der Waals surface area contributed by atoms with Gasteiger partial charge in [-0.05, 0) is 44.8 Å². The molecule has 1 heterocycles. The van der Waals surface area contributed by atoms with Crippen LogP contribution in [0.3, 0.4) is 0 Å². The van der Waals surface area contributed by atoms with Crippen LogP contribution in [0.1, 0.15) is 40.2 Å². The molecule has 0 bridgehead atoms. The molecule has 1 aromatic carbocycles. The quantitative estimate of drug-likeness (QED) is 0.801. The number of thioether (sulfide) groups is 1. The van der Waals surface area contributed by atoms with E-state index in [1.165, 1.54) is 24.8 Å². The van der Waals surface area contributed by atoms with Crippen LogP contribution in [-0.2, 0) is 14.1 Å². The van der Waals surface area contributed by atoms with Crippen LogP contribution in [0.4, 0.5) is 0 Å². The smallest absolute Gasteiger partial charge is 0.491 e. The van der Waals surface area contributed by atoms with Crippen molar-refractivity contribution in [1.82, 2.24) is 0 Å². The lowest BCUT2D eigenvalue weighted by molar-refractivity contribution is -0.109. The highest BCUT2D eigenvalue weighted by atomic mass is 35.5. The summed E-state index contributed by atoms with van der Waals surface area (Å²) in [7, 11) is -0.569. The van der Waals surface area contributed by atoms with Crippen molar-refractivity contribution in [2.45, 2.75) is 45.8 Å². The third-order valence-corrected chi connectivity index (χ3v) is 5.64. The third-order valence-electron chi connectivity index (χ3n) is 4.35. The van der Waals surface area contributed by atoms with Gasteiger partial charge in [0.15, 0.2) is 5.12 Å². The molecule has 7 heteroatoms. The number of hydrogen-bond donors (Lipinski definition) is 1. The summed E-state index contributed by atoms with van der Waals surface area (Å²) in [4.78, 5) is 11.4. The fourth-order valence-corrected chi connectivity index (χ4v) is 2.98. The zero-order valence-corrected chi connectivity index (χ0v) is 16.1. The van der Waals surface area contributed by atoms with E-state index in [4.69, 9.17) is 20.9 Å². The molecule has 0 aromatic heterocycles. The number of halogens is 1. The molecule has 24 heavy (non-hydrogen) atoms. The first kappa shape index (κ1) is 19.4. The summed E-state index contributed by atoms with van der Waals surface area (Å²) in [5.74, 6) is 0.441. The molecular formula is C17H22BClO4S. The molecule has 1 N–H and O–H groups in total. The molecule has 0 atom stereocenters. The van der Waals surface area contributed by atoms with Crippen LogP contribution in [0.2, 0.25) is 5.02 Å². The number of hydrogen-bond acceptors (Lipinski definition) is 5. The molecule has 0 unspecified atom stereocenters. The van der Waals surface area contributed by atoms with Crippen molar-refractivity contribution >= 4 is 41.7 Å². The zero-order valence-electron chi connectivity index (χ0n) is 14.6. The number of phenolic OH excluding ortho intramolecular Hbond substituents is 1. The second-order valence-electron chi connectivity index (χ2n) is 6.77. The number of rotatable bonds is 4. The molecule has 1 aliphatic heterocycles. The van der Waals surface area contributed by atoms with E-state index in [1.807, 2.05) is 33.8 Å². The van der Waals surface area contributed by atoms with E-state index >= 15 is 0 Å². The summed E-state index contributed by atoms with van der Waals surface area (Å²) in [6.07, 6.45) is 1.82. The number of aromatic hydroxyl groups is 1. The fourth-order valence-electron chi connectivity index (χ4n) is 2.21. The predicted octanol–water partition coefficient (Wildman–Crippen LogP) is 4.34. The molecule has 130 valence electrons. The summed E-state index contributed by atoms with van der Waals surface area (Å²) in [5.41, 5.74) is 0.507. The third kappa shape index (κ3) is 4.17. The van der Waals surface area contributed by atoms with Gasteiger partial charge in [0.1, 0.15) is 5.75 Å².